The molecule has 1 aliphatic carbocycles. The molecule has 0 bridgehead atoms. The van der Waals surface area contributed by atoms with Crippen LogP contribution in [0, 0.1) is 0 Å². The number of allylic oxidation sites excluding steroid dienone is 1. The van der Waals surface area contributed by atoms with Crippen LogP contribution in [-0.2, 0) is 6.42 Å². The van der Waals surface area contributed by atoms with Gasteiger partial charge in [-0.2, -0.15) is 0 Å². The van der Waals surface area contributed by atoms with Crippen molar-refractivity contribution in [3.05, 3.63) is 33.7 Å². The first-order valence-electron chi connectivity index (χ1n) is 5.21. The minimum absolute atomic E-state index is 0.0515. The molecule has 3 rings (SSSR count). The molecule has 84 valence electrons. The zero-order valence-electron chi connectivity index (χ0n) is 8.88. The second-order valence-electron chi connectivity index (χ2n) is 4.33. The van der Waals surface area contributed by atoms with E-state index < -0.39 is 0 Å². The van der Waals surface area contributed by atoms with E-state index in [9.17, 15) is 4.79 Å². The van der Waals surface area contributed by atoms with Crippen molar-refractivity contribution in [1.29, 1.82) is 0 Å². The molecule has 16 heavy (non-hydrogen) atoms. The van der Waals surface area contributed by atoms with Crippen molar-refractivity contribution >= 4 is 17.4 Å². The van der Waals surface area contributed by atoms with Crippen LogP contribution < -0.4 is 5.73 Å². The van der Waals surface area contributed by atoms with Crippen LogP contribution in [-0.4, -0.2) is 29.3 Å². The third kappa shape index (κ3) is 1.06. The Labute approximate surface area is 98.1 Å². The number of hydrogen-bond acceptors (Lipinski definition) is 3. The SMILES string of the molecule is CN1CCc2c[nH]c3c2C1C(Cl)=C(N)C3=O. The van der Waals surface area contributed by atoms with Gasteiger partial charge in [0.15, 0.2) is 0 Å². The maximum atomic E-state index is 11.9. The first-order chi connectivity index (χ1) is 7.61. The summed E-state index contributed by atoms with van der Waals surface area (Å²) in [5.41, 5.74) is 8.71. The number of carbonyl (C=O) groups is 1. The van der Waals surface area contributed by atoms with Crippen molar-refractivity contribution in [1.82, 2.24) is 9.88 Å². The molecule has 5 heteroatoms. The molecule has 1 unspecified atom stereocenters. The van der Waals surface area contributed by atoms with Gasteiger partial charge in [0.2, 0.25) is 5.78 Å². The van der Waals surface area contributed by atoms with Crippen LogP contribution in [0.15, 0.2) is 16.9 Å². The Hall–Kier alpha value is -1.26. The smallest absolute Gasteiger partial charge is 0.226 e. The summed E-state index contributed by atoms with van der Waals surface area (Å²) in [6.07, 6.45) is 2.83. The molecular formula is C11H12ClN3O. The molecule has 1 aliphatic heterocycles. The van der Waals surface area contributed by atoms with Gasteiger partial charge in [-0.05, 0) is 19.0 Å². The number of likely N-dealkylation sites (N-methyl/N-ethyl adjacent to an activating group) is 1. The Kier molecular flexibility index (Phi) is 1.94. The molecule has 4 nitrogen and oxygen atoms in total. The van der Waals surface area contributed by atoms with E-state index in [-0.39, 0.29) is 17.5 Å². The number of halogens is 1. The van der Waals surface area contributed by atoms with E-state index in [2.05, 4.69) is 9.88 Å². The zero-order valence-corrected chi connectivity index (χ0v) is 9.64. The maximum absolute atomic E-state index is 11.9. The summed E-state index contributed by atoms with van der Waals surface area (Å²) in [7, 11) is 2.00. The van der Waals surface area contributed by atoms with Gasteiger partial charge in [0.1, 0.15) is 0 Å². The van der Waals surface area contributed by atoms with Gasteiger partial charge >= 0.3 is 0 Å². The summed E-state index contributed by atoms with van der Waals surface area (Å²) >= 11 is 6.19. The van der Waals surface area contributed by atoms with Crippen molar-refractivity contribution < 1.29 is 4.79 Å². The summed E-state index contributed by atoms with van der Waals surface area (Å²) in [5, 5.41) is 0.459. The van der Waals surface area contributed by atoms with Crippen molar-refractivity contribution in [2.24, 2.45) is 5.73 Å². The van der Waals surface area contributed by atoms with E-state index in [1.807, 2.05) is 13.2 Å². The normalized spacial score (nSPS) is 24.9. The number of Topliss-reactive ketones (excluding diaryl/α,β-unsaturated/α-hetero) is 1. The monoisotopic (exact) mass is 237 g/mol. The largest absolute Gasteiger partial charge is 0.394 e. The molecule has 0 saturated heterocycles. The lowest BCUT2D eigenvalue weighted by molar-refractivity contribution is 0.101. The summed E-state index contributed by atoms with van der Waals surface area (Å²) in [5.74, 6) is -0.183. The Bertz CT molecular complexity index is 517. The van der Waals surface area contributed by atoms with E-state index in [0.717, 1.165) is 18.5 Å². The molecule has 0 amide bonds. The number of hydrogen-bond donors (Lipinski definition) is 2. The summed E-state index contributed by atoms with van der Waals surface area (Å²) in [6, 6.07) is -0.0515. The molecule has 1 aromatic rings. The molecule has 2 heterocycles. The molecule has 3 N–H and O–H groups in total. The topological polar surface area (TPSA) is 62.1 Å². The number of aromatic amines is 1. The van der Waals surface area contributed by atoms with Crippen molar-refractivity contribution in [3.63, 3.8) is 0 Å². The average Bonchev–Trinajstić information content (AvgIpc) is 2.68. The first-order valence-corrected chi connectivity index (χ1v) is 5.59. The Balaban J connectivity index is 2.28. The van der Waals surface area contributed by atoms with Gasteiger partial charge in [0.05, 0.1) is 22.5 Å². The fraction of sp³-hybridized carbons (Fsp3) is 0.364. The number of carbonyl (C=O) groups excluding carboxylic acids is 1. The van der Waals surface area contributed by atoms with Gasteiger partial charge in [0, 0.05) is 18.3 Å². The second kappa shape index (κ2) is 3.12. The number of nitrogens with one attached hydrogen (secondary N) is 1. The number of rotatable bonds is 0. The molecular weight excluding hydrogens is 226 g/mol. The highest BCUT2D eigenvalue weighted by molar-refractivity contribution is 6.34. The lowest BCUT2D eigenvalue weighted by Crippen LogP contribution is -2.37. The summed E-state index contributed by atoms with van der Waals surface area (Å²) in [4.78, 5) is 17.1. The van der Waals surface area contributed by atoms with Crippen molar-refractivity contribution in [3.8, 4) is 0 Å². The van der Waals surface area contributed by atoms with E-state index in [1.165, 1.54) is 5.56 Å². The van der Waals surface area contributed by atoms with Crippen LogP contribution in [0.5, 0.6) is 0 Å². The molecule has 0 radical (unpaired) electrons. The van der Waals surface area contributed by atoms with Crippen molar-refractivity contribution in [2.45, 2.75) is 12.5 Å². The van der Waals surface area contributed by atoms with Crippen molar-refractivity contribution in [2.75, 3.05) is 13.6 Å². The van der Waals surface area contributed by atoms with Crippen LogP contribution >= 0.6 is 11.6 Å². The highest BCUT2D eigenvalue weighted by Crippen LogP contribution is 2.42. The maximum Gasteiger partial charge on any atom is 0.226 e. The van der Waals surface area contributed by atoms with Gasteiger partial charge in [-0.25, -0.2) is 0 Å². The van der Waals surface area contributed by atoms with E-state index >= 15 is 0 Å². The van der Waals surface area contributed by atoms with Crippen LogP contribution in [0.3, 0.4) is 0 Å². The van der Waals surface area contributed by atoms with E-state index in [1.54, 1.807) is 0 Å². The zero-order chi connectivity index (χ0) is 11.4. The molecule has 0 spiro atoms. The van der Waals surface area contributed by atoms with Gasteiger partial charge in [-0.15, -0.1) is 0 Å². The number of ketones is 1. The van der Waals surface area contributed by atoms with Crippen LogP contribution in [0.25, 0.3) is 0 Å². The third-order valence-corrected chi connectivity index (χ3v) is 3.83. The fourth-order valence-corrected chi connectivity index (χ4v) is 2.90. The first kappa shape index (κ1) is 9.93. The van der Waals surface area contributed by atoms with Crippen LogP contribution in [0.2, 0.25) is 0 Å². The predicted octanol–water partition coefficient (Wildman–Crippen LogP) is 1.15. The Morgan fingerprint density at radius 3 is 3.12 bits per heavy atom. The van der Waals surface area contributed by atoms with Gasteiger partial charge in [-0.3, -0.25) is 9.69 Å². The highest BCUT2D eigenvalue weighted by Gasteiger charge is 2.38. The fourth-order valence-electron chi connectivity index (χ4n) is 2.54. The Morgan fingerprint density at radius 1 is 1.62 bits per heavy atom. The highest BCUT2D eigenvalue weighted by atomic mass is 35.5. The number of nitrogens with zero attached hydrogens (tertiary/aromatic N) is 1. The lowest BCUT2D eigenvalue weighted by Gasteiger charge is -2.35. The lowest BCUT2D eigenvalue weighted by atomic mass is 9.88. The molecule has 0 fully saturated rings. The number of H-pyrrole nitrogens is 1. The van der Waals surface area contributed by atoms with E-state index in [0.29, 0.717) is 10.7 Å². The molecule has 2 aliphatic rings. The standard InChI is InChI=1S/C11H12ClN3O/c1-15-3-2-5-4-14-9-6(5)10(15)7(12)8(13)11(9)16/h4,10,14H,2-3,13H2,1H3. The number of aromatic nitrogens is 1. The van der Waals surface area contributed by atoms with E-state index in [4.69, 9.17) is 17.3 Å². The quantitative estimate of drug-likeness (QED) is 0.712. The minimum Gasteiger partial charge on any atom is -0.394 e. The van der Waals surface area contributed by atoms with Gasteiger partial charge < -0.3 is 10.7 Å². The summed E-state index contributed by atoms with van der Waals surface area (Å²) < 4.78 is 0. The van der Waals surface area contributed by atoms with Crippen LogP contribution in [0.1, 0.15) is 27.7 Å². The predicted molar refractivity (Wildman–Crippen MR) is 61.3 cm³/mol. The molecule has 0 saturated carbocycles. The van der Waals surface area contributed by atoms with Gasteiger partial charge in [-0.1, -0.05) is 11.6 Å². The number of nitrogens with two attached hydrogens (primary N) is 1. The van der Waals surface area contributed by atoms with Gasteiger partial charge in [0.25, 0.3) is 0 Å². The Morgan fingerprint density at radius 2 is 2.38 bits per heavy atom. The second-order valence-corrected chi connectivity index (χ2v) is 4.73. The minimum atomic E-state index is -0.183. The molecule has 1 aromatic heterocycles. The molecule has 0 aromatic carbocycles. The van der Waals surface area contributed by atoms with Crippen LogP contribution in [0.4, 0.5) is 0 Å². The molecule has 1 atom stereocenters. The average molecular weight is 238 g/mol. The third-order valence-electron chi connectivity index (χ3n) is 3.42. The summed E-state index contributed by atoms with van der Waals surface area (Å²) in [6.45, 7) is 0.923.